The fourth-order valence-corrected chi connectivity index (χ4v) is 3.31. The molecule has 9 heteroatoms. The second-order valence-corrected chi connectivity index (χ2v) is 7.73. The number of nitrogens with one attached hydrogen (secondary N) is 2. The fraction of sp³-hybridized carbons (Fsp3) is 0.222. The Morgan fingerprint density at radius 2 is 1.58 bits per heavy atom. The molecule has 0 atom stereocenters. The number of carbonyl (C=O) groups excluding carboxylic acids is 2. The first kappa shape index (κ1) is 26.1. The predicted molar refractivity (Wildman–Crippen MR) is 136 cm³/mol. The molecule has 3 aromatic rings. The van der Waals surface area contributed by atoms with Gasteiger partial charge in [-0.1, -0.05) is 29.8 Å². The van der Waals surface area contributed by atoms with Crippen LogP contribution in [0.2, 0.25) is 0 Å². The van der Waals surface area contributed by atoms with Gasteiger partial charge < -0.3 is 24.3 Å². The summed E-state index contributed by atoms with van der Waals surface area (Å²) in [6, 6.07) is 18.1. The Balaban J connectivity index is 1.51. The van der Waals surface area contributed by atoms with Gasteiger partial charge in [-0.2, -0.15) is 5.10 Å². The van der Waals surface area contributed by atoms with Crippen LogP contribution in [0.15, 0.2) is 65.8 Å². The summed E-state index contributed by atoms with van der Waals surface area (Å²) in [5.41, 5.74) is 5.64. The molecule has 36 heavy (non-hydrogen) atoms. The monoisotopic (exact) mass is 491 g/mol. The lowest BCUT2D eigenvalue weighted by atomic mass is 10.1. The molecular weight excluding hydrogens is 462 g/mol. The molecule has 9 nitrogen and oxygen atoms in total. The minimum atomic E-state index is -0.481. The molecule has 188 valence electrons. The zero-order chi connectivity index (χ0) is 25.9. The van der Waals surface area contributed by atoms with E-state index in [9.17, 15) is 9.59 Å². The number of carbonyl (C=O) groups is 2. The molecule has 3 rings (SSSR count). The van der Waals surface area contributed by atoms with Gasteiger partial charge in [0.05, 0.1) is 34.1 Å². The van der Waals surface area contributed by atoms with Crippen molar-refractivity contribution in [2.75, 3.05) is 27.9 Å². The first-order valence-electron chi connectivity index (χ1n) is 11.1. The summed E-state index contributed by atoms with van der Waals surface area (Å²) in [5, 5.41) is 6.48. The topological polar surface area (TPSA) is 107 Å². The molecule has 0 bridgehead atoms. The Kier molecular flexibility index (Phi) is 9.27. The largest absolute Gasteiger partial charge is 0.493 e. The van der Waals surface area contributed by atoms with E-state index in [-0.39, 0.29) is 6.54 Å². The third-order valence-electron chi connectivity index (χ3n) is 5.12. The first-order chi connectivity index (χ1) is 17.4. The highest BCUT2D eigenvalue weighted by atomic mass is 16.5. The van der Waals surface area contributed by atoms with Crippen LogP contribution < -0.4 is 29.7 Å². The average Bonchev–Trinajstić information content (AvgIpc) is 2.90. The minimum Gasteiger partial charge on any atom is -0.493 e. The van der Waals surface area contributed by atoms with Gasteiger partial charge in [0.1, 0.15) is 6.61 Å². The standard InChI is InChI=1S/C27H29N3O6/c1-18-6-5-7-20(12-18)17-36-23-10-8-19(13-24(23)34-3)15-29-30-26(31)16-28-27(32)21-9-11-22(33-2)25(14-21)35-4/h5-15H,16-17H2,1-4H3,(H,28,32)(H,30,31)/b29-15+. The number of hydrogen-bond donors (Lipinski definition) is 2. The molecule has 0 radical (unpaired) electrons. The molecule has 2 amide bonds. The van der Waals surface area contributed by atoms with Gasteiger partial charge in [-0.15, -0.1) is 0 Å². The molecule has 0 aliphatic heterocycles. The Hall–Kier alpha value is -4.53. The smallest absolute Gasteiger partial charge is 0.259 e. The van der Waals surface area contributed by atoms with Crippen LogP contribution in [0.4, 0.5) is 0 Å². The number of nitrogens with zero attached hydrogens (tertiary/aromatic N) is 1. The predicted octanol–water partition coefficient (Wildman–Crippen LogP) is 3.48. The van der Waals surface area contributed by atoms with Gasteiger partial charge in [0, 0.05) is 5.56 Å². The average molecular weight is 492 g/mol. The van der Waals surface area contributed by atoms with E-state index in [1.165, 1.54) is 26.5 Å². The number of hydrazone groups is 1. The van der Waals surface area contributed by atoms with Gasteiger partial charge in [0.15, 0.2) is 23.0 Å². The number of methoxy groups -OCH3 is 3. The van der Waals surface area contributed by atoms with Gasteiger partial charge in [-0.25, -0.2) is 5.43 Å². The molecule has 0 aliphatic rings. The van der Waals surface area contributed by atoms with Gasteiger partial charge in [-0.3, -0.25) is 9.59 Å². The summed E-state index contributed by atoms with van der Waals surface area (Å²) in [7, 11) is 4.54. The summed E-state index contributed by atoms with van der Waals surface area (Å²) in [6.45, 7) is 2.19. The summed E-state index contributed by atoms with van der Waals surface area (Å²) in [6.07, 6.45) is 1.47. The Morgan fingerprint density at radius 3 is 2.31 bits per heavy atom. The molecule has 0 spiro atoms. The number of hydrogen-bond acceptors (Lipinski definition) is 7. The fourth-order valence-electron chi connectivity index (χ4n) is 3.31. The van der Waals surface area contributed by atoms with Crippen LogP contribution in [0.3, 0.4) is 0 Å². The SMILES string of the molecule is COc1ccc(C(=O)NCC(=O)N/N=C/c2ccc(OCc3cccc(C)c3)c(OC)c2)cc1OC. The lowest BCUT2D eigenvalue weighted by Crippen LogP contribution is -2.34. The lowest BCUT2D eigenvalue weighted by Gasteiger charge is -2.11. The van der Waals surface area contributed by atoms with Crippen LogP contribution in [0, 0.1) is 6.92 Å². The molecular formula is C27H29N3O6. The van der Waals surface area contributed by atoms with E-state index in [2.05, 4.69) is 21.9 Å². The van der Waals surface area contributed by atoms with Gasteiger partial charge >= 0.3 is 0 Å². The van der Waals surface area contributed by atoms with E-state index in [1.807, 2.05) is 25.1 Å². The molecule has 0 aromatic heterocycles. The quantitative estimate of drug-likeness (QED) is 0.314. The molecule has 0 saturated heterocycles. The second-order valence-electron chi connectivity index (χ2n) is 7.73. The maximum atomic E-state index is 12.3. The third-order valence-corrected chi connectivity index (χ3v) is 5.12. The van der Waals surface area contributed by atoms with Crippen molar-refractivity contribution < 1.29 is 28.5 Å². The molecule has 2 N–H and O–H groups in total. The zero-order valence-corrected chi connectivity index (χ0v) is 20.7. The Morgan fingerprint density at radius 1 is 0.861 bits per heavy atom. The van der Waals surface area contributed by atoms with Gasteiger partial charge in [-0.05, 0) is 54.4 Å². The van der Waals surface area contributed by atoms with Gasteiger partial charge in [0.2, 0.25) is 0 Å². The summed E-state index contributed by atoms with van der Waals surface area (Å²) >= 11 is 0. The highest BCUT2D eigenvalue weighted by molar-refractivity contribution is 5.97. The normalized spacial score (nSPS) is 10.6. The number of amides is 2. The van der Waals surface area contributed by atoms with E-state index in [1.54, 1.807) is 37.4 Å². The van der Waals surface area contributed by atoms with Crippen LogP contribution in [0.25, 0.3) is 0 Å². The summed E-state index contributed by atoms with van der Waals surface area (Å²) < 4.78 is 21.7. The van der Waals surface area contributed by atoms with Crippen molar-refractivity contribution in [2.45, 2.75) is 13.5 Å². The molecule has 0 aliphatic carbocycles. The Labute approximate surface area is 210 Å². The van der Waals surface area contributed by atoms with E-state index < -0.39 is 11.8 Å². The highest BCUT2D eigenvalue weighted by Crippen LogP contribution is 2.29. The van der Waals surface area contributed by atoms with Crippen LogP contribution in [0.1, 0.15) is 27.0 Å². The summed E-state index contributed by atoms with van der Waals surface area (Å²) in [5.74, 6) is 1.15. The second kappa shape index (κ2) is 12.8. The molecule has 0 saturated carbocycles. The molecule has 0 heterocycles. The van der Waals surface area contributed by atoms with Crippen molar-refractivity contribution >= 4 is 18.0 Å². The van der Waals surface area contributed by atoms with Crippen LogP contribution in [-0.2, 0) is 11.4 Å². The van der Waals surface area contributed by atoms with E-state index >= 15 is 0 Å². The highest BCUT2D eigenvalue weighted by Gasteiger charge is 2.12. The van der Waals surface area contributed by atoms with E-state index in [4.69, 9.17) is 18.9 Å². The van der Waals surface area contributed by atoms with E-state index in [0.717, 1.165) is 11.1 Å². The van der Waals surface area contributed by atoms with Crippen LogP contribution >= 0.6 is 0 Å². The van der Waals surface area contributed by atoms with Crippen molar-refractivity contribution in [1.82, 2.24) is 10.7 Å². The van der Waals surface area contributed by atoms with Crippen molar-refractivity contribution in [3.05, 3.63) is 82.9 Å². The minimum absolute atomic E-state index is 0.250. The number of ether oxygens (including phenoxy) is 4. The third kappa shape index (κ3) is 7.23. The number of aryl methyl sites for hydroxylation is 1. The summed E-state index contributed by atoms with van der Waals surface area (Å²) in [4.78, 5) is 24.4. The van der Waals surface area contributed by atoms with Crippen molar-refractivity contribution in [2.24, 2.45) is 5.10 Å². The maximum Gasteiger partial charge on any atom is 0.259 e. The molecule has 0 unspecified atom stereocenters. The lowest BCUT2D eigenvalue weighted by molar-refractivity contribution is -0.120. The van der Waals surface area contributed by atoms with Crippen molar-refractivity contribution in [3.8, 4) is 23.0 Å². The van der Waals surface area contributed by atoms with Gasteiger partial charge in [0.25, 0.3) is 11.8 Å². The van der Waals surface area contributed by atoms with Crippen LogP contribution in [-0.4, -0.2) is 45.9 Å². The van der Waals surface area contributed by atoms with E-state index in [0.29, 0.717) is 40.7 Å². The maximum absolute atomic E-state index is 12.3. The molecule has 0 fully saturated rings. The first-order valence-corrected chi connectivity index (χ1v) is 11.1. The zero-order valence-electron chi connectivity index (χ0n) is 20.7. The number of benzene rings is 3. The van der Waals surface area contributed by atoms with Crippen molar-refractivity contribution in [3.63, 3.8) is 0 Å². The van der Waals surface area contributed by atoms with Crippen molar-refractivity contribution in [1.29, 1.82) is 0 Å². The number of rotatable bonds is 11. The van der Waals surface area contributed by atoms with Crippen LogP contribution in [0.5, 0.6) is 23.0 Å². The Bertz CT molecular complexity index is 1240. The molecule has 3 aromatic carbocycles.